The number of nitrogens with zero attached hydrogens (tertiary/aromatic N) is 1. The molecule has 1 amide bonds. The van der Waals surface area contributed by atoms with Gasteiger partial charge in [0.05, 0.1) is 12.6 Å². The van der Waals surface area contributed by atoms with Crippen molar-refractivity contribution in [3.63, 3.8) is 0 Å². The number of aromatic nitrogens is 1. The van der Waals surface area contributed by atoms with Gasteiger partial charge in [0.1, 0.15) is 11.4 Å². The van der Waals surface area contributed by atoms with Gasteiger partial charge >= 0.3 is 0 Å². The second-order valence-electron chi connectivity index (χ2n) is 4.73. The maximum atomic E-state index is 12.1. The third-order valence-corrected chi connectivity index (χ3v) is 3.15. The van der Waals surface area contributed by atoms with Crippen molar-refractivity contribution >= 4 is 5.91 Å². The van der Waals surface area contributed by atoms with Crippen LogP contribution in [-0.2, 0) is 13.5 Å². The predicted molar refractivity (Wildman–Crippen MR) is 75.6 cm³/mol. The molecule has 0 aliphatic carbocycles. The molecule has 0 fully saturated rings. The van der Waals surface area contributed by atoms with Crippen molar-refractivity contribution < 1.29 is 15.0 Å². The van der Waals surface area contributed by atoms with Crippen LogP contribution in [0.25, 0.3) is 0 Å². The number of phenols is 1. The molecular formula is C15H18N2O3. The van der Waals surface area contributed by atoms with Crippen LogP contribution in [0.1, 0.15) is 16.1 Å². The summed E-state index contributed by atoms with van der Waals surface area (Å²) in [6.45, 7) is -0.142. The summed E-state index contributed by atoms with van der Waals surface area (Å²) in [5.74, 6) is -0.0162. The molecule has 106 valence electrons. The topological polar surface area (TPSA) is 74.5 Å². The zero-order valence-corrected chi connectivity index (χ0v) is 11.3. The number of amides is 1. The highest BCUT2D eigenvalue weighted by Crippen LogP contribution is 2.11. The minimum absolute atomic E-state index is 0.142. The van der Waals surface area contributed by atoms with Gasteiger partial charge < -0.3 is 20.1 Å². The Morgan fingerprint density at radius 1 is 1.30 bits per heavy atom. The molecule has 0 spiro atoms. The summed E-state index contributed by atoms with van der Waals surface area (Å²) in [6.07, 6.45) is 2.30. The molecule has 0 radical (unpaired) electrons. The van der Waals surface area contributed by atoms with E-state index in [9.17, 15) is 15.0 Å². The standard InChI is InChI=1S/C15H18N2O3/c1-17-8-2-3-14(17)15(20)16-12(10-18)9-11-4-6-13(19)7-5-11/h2-8,12,18-19H,9-10H2,1H3,(H,16,20)/t12-/m0/s1. The first-order valence-corrected chi connectivity index (χ1v) is 6.41. The van der Waals surface area contributed by atoms with E-state index in [1.54, 1.807) is 54.2 Å². The highest BCUT2D eigenvalue weighted by molar-refractivity contribution is 5.92. The first kappa shape index (κ1) is 14.1. The average molecular weight is 274 g/mol. The van der Waals surface area contributed by atoms with E-state index in [1.807, 2.05) is 0 Å². The summed E-state index contributed by atoms with van der Waals surface area (Å²) in [6, 6.07) is 9.87. The Labute approximate surface area is 117 Å². The van der Waals surface area contributed by atoms with Gasteiger partial charge in [-0.2, -0.15) is 0 Å². The SMILES string of the molecule is Cn1cccc1C(=O)N[C@H](CO)Cc1ccc(O)cc1. The Bertz CT molecular complexity index is 575. The fourth-order valence-electron chi connectivity index (χ4n) is 2.03. The molecule has 0 aliphatic heterocycles. The lowest BCUT2D eigenvalue weighted by molar-refractivity contribution is 0.0908. The van der Waals surface area contributed by atoms with Crippen molar-refractivity contribution in [3.05, 3.63) is 53.9 Å². The van der Waals surface area contributed by atoms with Crippen LogP contribution in [0, 0.1) is 0 Å². The lowest BCUT2D eigenvalue weighted by Crippen LogP contribution is -2.39. The van der Waals surface area contributed by atoms with Gasteiger partial charge in [-0.25, -0.2) is 0 Å². The minimum atomic E-state index is -0.359. The van der Waals surface area contributed by atoms with E-state index in [4.69, 9.17) is 0 Å². The van der Waals surface area contributed by atoms with Crippen LogP contribution in [0.3, 0.4) is 0 Å². The van der Waals surface area contributed by atoms with Gasteiger partial charge in [-0.3, -0.25) is 4.79 Å². The summed E-state index contributed by atoms with van der Waals surface area (Å²) in [4.78, 5) is 12.1. The molecule has 20 heavy (non-hydrogen) atoms. The molecule has 1 aromatic heterocycles. The van der Waals surface area contributed by atoms with Crippen LogP contribution in [0.2, 0.25) is 0 Å². The Morgan fingerprint density at radius 3 is 2.55 bits per heavy atom. The van der Waals surface area contributed by atoms with Gasteiger partial charge in [0, 0.05) is 13.2 Å². The molecule has 1 aromatic carbocycles. The average Bonchev–Trinajstić information content (AvgIpc) is 2.86. The zero-order chi connectivity index (χ0) is 14.5. The summed E-state index contributed by atoms with van der Waals surface area (Å²) in [5, 5.41) is 21.4. The number of nitrogens with one attached hydrogen (secondary N) is 1. The normalized spacial score (nSPS) is 12.1. The highest BCUT2D eigenvalue weighted by Gasteiger charge is 2.15. The quantitative estimate of drug-likeness (QED) is 0.763. The van der Waals surface area contributed by atoms with Crippen LogP contribution in [-0.4, -0.2) is 33.3 Å². The Kier molecular flexibility index (Phi) is 4.42. The molecule has 2 rings (SSSR count). The number of carbonyl (C=O) groups is 1. The van der Waals surface area contributed by atoms with Crippen molar-refractivity contribution in [2.24, 2.45) is 7.05 Å². The summed E-state index contributed by atoms with van der Waals surface area (Å²) >= 11 is 0. The predicted octanol–water partition coefficient (Wildman–Crippen LogP) is 1.06. The van der Waals surface area contributed by atoms with E-state index in [2.05, 4.69) is 5.32 Å². The number of rotatable bonds is 5. The van der Waals surface area contributed by atoms with Crippen molar-refractivity contribution in [1.82, 2.24) is 9.88 Å². The lowest BCUT2D eigenvalue weighted by Gasteiger charge is -2.16. The van der Waals surface area contributed by atoms with Crippen LogP contribution < -0.4 is 5.32 Å². The number of phenolic OH excluding ortho intramolecular Hbond substituents is 1. The van der Waals surface area contributed by atoms with E-state index >= 15 is 0 Å². The van der Waals surface area contributed by atoms with Crippen molar-refractivity contribution in [1.29, 1.82) is 0 Å². The van der Waals surface area contributed by atoms with Crippen molar-refractivity contribution in [3.8, 4) is 5.75 Å². The van der Waals surface area contributed by atoms with Gasteiger partial charge in [0.15, 0.2) is 0 Å². The molecule has 0 saturated heterocycles. The second-order valence-corrected chi connectivity index (χ2v) is 4.73. The molecule has 0 saturated carbocycles. The van der Waals surface area contributed by atoms with Gasteiger partial charge in [0.2, 0.25) is 0 Å². The molecular weight excluding hydrogens is 256 g/mol. The molecule has 5 heteroatoms. The van der Waals surface area contributed by atoms with Gasteiger partial charge in [-0.05, 0) is 36.2 Å². The first-order chi connectivity index (χ1) is 9.60. The largest absolute Gasteiger partial charge is 0.508 e. The molecule has 0 unspecified atom stereocenters. The van der Waals surface area contributed by atoms with Crippen LogP contribution >= 0.6 is 0 Å². The number of carbonyl (C=O) groups excluding carboxylic acids is 1. The zero-order valence-electron chi connectivity index (χ0n) is 11.3. The third kappa shape index (κ3) is 3.39. The molecule has 1 atom stereocenters. The number of hydrogen-bond acceptors (Lipinski definition) is 3. The summed E-state index contributed by atoms with van der Waals surface area (Å²) in [5.41, 5.74) is 1.49. The van der Waals surface area contributed by atoms with E-state index in [0.29, 0.717) is 12.1 Å². The minimum Gasteiger partial charge on any atom is -0.508 e. The molecule has 0 aliphatic rings. The first-order valence-electron chi connectivity index (χ1n) is 6.41. The van der Waals surface area contributed by atoms with E-state index in [-0.39, 0.29) is 24.3 Å². The second kappa shape index (κ2) is 6.25. The van der Waals surface area contributed by atoms with E-state index < -0.39 is 0 Å². The maximum Gasteiger partial charge on any atom is 0.268 e. The lowest BCUT2D eigenvalue weighted by atomic mass is 10.1. The molecule has 1 heterocycles. The molecule has 2 aromatic rings. The maximum absolute atomic E-state index is 12.1. The van der Waals surface area contributed by atoms with Gasteiger partial charge in [-0.1, -0.05) is 12.1 Å². The van der Waals surface area contributed by atoms with E-state index in [1.165, 1.54) is 0 Å². The Hall–Kier alpha value is -2.27. The Morgan fingerprint density at radius 2 is 2.00 bits per heavy atom. The van der Waals surface area contributed by atoms with Crippen LogP contribution in [0.4, 0.5) is 0 Å². The molecule has 5 nitrogen and oxygen atoms in total. The third-order valence-electron chi connectivity index (χ3n) is 3.15. The smallest absolute Gasteiger partial charge is 0.268 e. The molecule has 0 bridgehead atoms. The number of aryl methyl sites for hydroxylation is 1. The number of hydrogen-bond donors (Lipinski definition) is 3. The highest BCUT2D eigenvalue weighted by atomic mass is 16.3. The fraction of sp³-hybridized carbons (Fsp3) is 0.267. The van der Waals surface area contributed by atoms with E-state index in [0.717, 1.165) is 5.56 Å². The van der Waals surface area contributed by atoms with Crippen molar-refractivity contribution in [2.45, 2.75) is 12.5 Å². The van der Waals surface area contributed by atoms with Crippen molar-refractivity contribution in [2.75, 3.05) is 6.61 Å². The number of aromatic hydroxyl groups is 1. The number of aliphatic hydroxyl groups is 1. The number of benzene rings is 1. The summed E-state index contributed by atoms with van der Waals surface area (Å²) in [7, 11) is 1.79. The molecule has 3 N–H and O–H groups in total. The van der Waals surface area contributed by atoms with Crippen LogP contribution in [0.5, 0.6) is 5.75 Å². The monoisotopic (exact) mass is 274 g/mol. The van der Waals surface area contributed by atoms with Crippen LogP contribution in [0.15, 0.2) is 42.6 Å². The fourth-order valence-corrected chi connectivity index (χ4v) is 2.03. The summed E-state index contributed by atoms with van der Waals surface area (Å²) < 4.78 is 1.73. The Balaban J connectivity index is 2.00. The van der Waals surface area contributed by atoms with Gasteiger partial charge in [0.25, 0.3) is 5.91 Å². The van der Waals surface area contributed by atoms with Gasteiger partial charge in [-0.15, -0.1) is 0 Å². The number of aliphatic hydroxyl groups excluding tert-OH is 1.